The third-order valence-corrected chi connectivity index (χ3v) is 3.73. The van der Waals surface area contributed by atoms with Gasteiger partial charge in [0.2, 0.25) is 0 Å². The van der Waals surface area contributed by atoms with Crippen LogP contribution in [0, 0.1) is 0 Å². The Kier molecular flexibility index (Phi) is 4.37. The van der Waals surface area contributed by atoms with E-state index in [-0.39, 0.29) is 11.9 Å². The molecule has 1 saturated heterocycles. The lowest BCUT2D eigenvalue weighted by Gasteiger charge is -2.30. The fraction of sp³-hybridized carbons (Fsp3) is 0.400. The van der Waals surface area contributed by atoms with Crippen molar-refractivity contribution in [3.63, 3.8) is 0 Å². The lowest BCUT2D eigenvalue weighted by Crippen LogP contribution is -3.15. The van der Waals surface area contributed by atoms with Gasteiger partial charge in [0, 0.05) is 0 Å². The predicted molar refractivity (Wildman–Crippen MR) is 74.0 cm³/mol. The summed E-state index contributed by atoms with van der Waals surface area (Å²) < 4.78 is 16.0. The molecule has 0 saturated carbocycles. The normalized spacial score (nSPS) is 17.5. The number of morpholine rings is 1. The van der Waals surface area contributed by atoms with E-state index in [1.165, 1.54) is 11.2 Å². The maximum Gasteiger partial charge on any atom is 0.287 e. The molecule has 3 heterocycles. The van der Waals surface area contributed by atoms with Gasteiger partial charge in [-0.05, 0) is 24.3 Å². The number of rotatable bonds is 5. The first-order valence-electron chi connectivity index (χ1n) is 7.12. The molecule has 2 N–H and O–H groups in total. The maximum absolute atomic E-state index is 12.0. The van der Waals surface area contributed by atoms with Crippen LogP contribution in [0.15, 0.2) is 45.6 Å². The standard InChI is InChI=1S/C15H18N2O4/c18-15(14-4-2-8-21-14)16-11-12(13-3-1-7-20-13)17-5-9-19-10-6-17/h1-4,7-8,12H,5-6,9-11H2,(H,16,18)/p+1/t12-/m0/s1. The van der Waals surface area contributed by atoms with Crippen LogP contribution >= 0.6 is 0 Å². The second-order valence-electron chi connectivity index (χ2n) is 5.03. The van der Waals surface area contributed by atoms with Crippen LogP contribution in [0.25, 0.3) is 0 Å². The topological polar surface area (TPSA) is 69.0 Å². The van der Waals surface area contributed by atoms with Crippen molar-refractivity contribution in [3.8, 4) is 0 Å². The number of ether oxygens (including phenoxy) is 1. The first-order valence-corrected chi connectivity index (χ1v) is 7.12. The Bertz CT molecular complexity index is 544. The third kappa shape index (κ3) is 3.34. The van der Waals surface area contributed by atoms with Crippen LogP contribution < -0.4 is 10.2 Å². The molecule has 1 aliphatic heterocycles. The average molecular weight is 291 g/mol. The van der Waals surface area contributed by atoms with E-state index < -0.39 is 0 Å². The lowest BCUT2D eigenvalue weighted by atomic mass is 10.1. The van der Waals surface area contributed by atoms with Crippen LogP contribution in [0.4, 0.5) is 0 Å². The van der Waals surface area contributed by atoms with Gasteiger partial charge < -0.3 is 23.8 Å². The summed E-state index contributed by atoms with van der Waals surface area (Å²) in [7, 11) is 0. The summed E-state index contributed by atoms with van der Waals surface area (Å²) >= 11 is 0. The molecular formula is C15H19N2O4+. The summed E-state index contributed by atoms with van der Waals surface area (Å²) in [6, 6.07) is 7.26. The third-order valence-electron chi connectivity index (χ3n) is 3.73. The van der Waals surface area contributed by atoms with E-state index in [0.29, 0.717) is 12.3 Å². The largest absolute Gasteiger partial charge is 0.463 e. The number of hydrogen-bond acceptors (Lipinski definition) is 4. The molecule has 112 valence electrons. The predicted octanol–water partition coefficient (Wildman–Crippen LogP) is 0.259. The fourth-order valence-electron chi connectivity index (χ4n) is 2.61. The smallest absolute Gasteiger partial charge is 0.287 e. The van der Waals surface area contributed by atoms with Crippen molar-refractivity contribution in [2.24, 2.45) is 0 Å². The van der Waals surface area contributed by atoms with E-state index in [2.05, 4.69) is 5.32 Å². The van der Waals surface area contributed by atoms with Crippen molar-refractivity contribution in [2.45, 2.75) is 6.04 Å². The van der Waals surface area contributed by atoms with Crippen LogP contribution in [0.2, 0.25) is 0 Å². The molecule has 3 rings (SSSR count). The minimum atomic E-state index is -0.204. The second-order valence-corrected chi connectivity index (χ2v) is 5.03. The van der Waals surface area contributed by atoms with Gasteiger partial charge in [-0.2, -0.15) is 0 Å². The quantitative estimate of drug-likeness (QED) is 0.829. The molecule has 1 aliphatic rings. The van der Waals surface area contributed by atoms with Crippen molar-refractivity contribution in [2.75, 3.05) is 32.8 Å². The molecule has 1 fully saturated rings. The van der Waals surface area contributed by atoms with Crippen molar-refractivity contribution in [1.29, 1.82) is 0 Å². The molecule has 0 radical (unpaired) electrons. The van der Waals surface area contributed by atoms with Crippen LogP contribution in [0.1, 0.15) is 22.4 Å². The van der Waals surface area contributed by atoms with Crippen LogP contribution in [-0.2, 0) is 4.74 Å². The number of amides is 1. The van der Waals surface area contributed by atoms with Gasteiger partial charge in [-0.3, -0.25) is 4.79 Å². The highest BCUT2D eigenvalue weighted by molar-refractivity contribution is 5.91. The van der Waals surface area contributed by atoms with Crippen LogP contribution in [0.5, 0.6) is 0 Å². The molecule has 6 nitrogen and oxygen atoms in total. The first-order chi connectivity index (χ1) is 10.3. The minimum absolute atomic E-state index is 0.0859. The molecule has 0 aromatic carbocycles. The van der Waals surface area contributed by atoms with Crippen LogP contribution in [-0.4, -0.2) is 38.8 Å². The Labute approximate surface area is 122 Å². The molecule has 1 amide bonds. The first kappa shape index (κ1) is 13.9. The van der Waals surface area contributed by atoms with Crippen LogP contribution in [0.3, 0.4) is 0 Å². The monoisotopic (exact) mass is 291 g/mol. The Morgan fingerprint density at radius 3 is 2.62 bits per heavy atom. The van der Waals surface area contributed by atoms with Crippen molar-refractivity contribution in [3.05, 3.63) is 48.3 Å². The van der Waals surface area contributed by atoms with E-state index in [0.717, 1.165) is 32.1 Å². The maximum atomic E-state index is 12.0. The van der Waals surface area contributed by atoms with Gasteiger partial charge in [0.25, 0.3) is 5.91 Å². The van der Waals surface area contributed by atoms with Crippen molar-refractivity contribution < 1.29 is 23.3 Å². The number of hydrogen-bond donors (Lipinski definition) is 2. The molecule has 0 spiro atoms. The number of carbonyl (C=O) groups is 1. The summed E-state index contributed by atoms with van der Waals surface area (Å²) in [5, 5.41) is 2.92. The van der Waals surface area contributed by atoms with Gasteiger partial charge in [-0.15, -0.1) is 0 Å². The highest BCUT2D eigenvalue weighted by atomic mass is 16.5. The average Bonchev–Trinajstić information content (AvgIpc) is 3.22. The lowest BCUT2D eigenvalue weighted by molar-refractivity contribution is -0.938. The zero-order valence-electron chi connectivity index (χ0n) is 11.7. The van der Waals surface area contributed by atoms with E-state index in [1.54, 1.807) is 18.4 Å². The van der Waals surface area contributed by atoms with Gasteiger partial charge in [0.05, 0.1) is 32.3 Å². The summed E-state index contributed by atoms with van der Waals surface area (Å²) in [5.41, 5.74) is 0. The molecule has 6 heteroatoms. The molecular weight excluding hydrogens is 272 g/mol. The second kappa shape index (κ2) is 6.60. The van der Waals surface area contributed by atoms with E-state index in [1.807, 2.05) is 12.1 Å². The Morgan fingerprint density at radius 1 is 1.19 bits per heavy atom. The Hall–Kier alpha value is -2.05. The Morgan fingerprint density at radius 2 is 1.95 bits per heavy atom. The van der Waals surface area contributed by atoms with Gasteiger partial charge in [0.15, 0.2) is 17.6 Å². The molecule has 1 atom stereocenters. The number of quaternary nitrogens is 1. The summed E-state index contributed by atoms with van der Waals surface area (Å²) in [6.45, 7) is 3.78. The SMILES string of the molecule is O=C(NC[C@@H](c1ccco1)[NH+]1CCOCC1)c1ccco1. The zero-order valence-corrected chi connectivity index (χ0v) is 11.7. The van der Waals surface area contributed by atoms with E-state index >= 15 is 0 Å². The molecule has 2 aromatic rings. The Balaban J connectivity index is 1.66. The van der Waals surface area contributed by atoms with Gasteiger partial charge >= 0.3 is 0 Å². The van der Waals surface area contributed by atoms with Gasteiger partial charge in [-0.1, -0.05) is 0 Å². The number of carbonyl (C=O) groups excluding carboxylic acids is 1. The van der Waals surface area contributed by atoms with E-state index in [9.17, 15) is 4.79 Å². The molecule has 0 aliphatic carbocycles. The highest BCUT2D eigenvalue weighted by Crippen LogP contribution is 2.10. The number of nitrogens with one attached hydrogen (secondary N) is 2. The zero-order chi connectivity index (χ0) is 14.5. The summed E-state index contributed by atoms with van der Waals surface area (Å²) in [5.74, 6) is 1.00. The summed E-state index contributed by atoms with van der Waals surface area (Å²) in [4.78, 5) is 13.4. The van der Waals surface area contributed by atoms with Crippen molar-refractivity contribution in [1.82, 2.24) is 5.32 Å². The number of furan rings is 2. The molecule has 21 heavy (non-hydrogen) atoms. The molecule has 0 bridgehead atoms. The molecule has 0 unspecified atom stereocenters. The highest BCUT2D eigenvalue weighted by Gasteiger charge is 2.29. The minimum Gasteiger partial charge on any atom is -0.463 e. The van der Waals surface area contributed by atoms with Crippen molar-refractivity contribution >= 4 is 5.91 Å². The van der Waals surface area contributed by atoms with Gasteiger partial charge in [0.1, 0.15) is 13.1 Å². The van der Waals surface area contributed by atoms with Gasteiger partial charge in [-0.25, -0.2) is 0 Å². The summed E-state index contributed by atoms with van der Waals surface area (Å²) in [6.07, 6.45) is 3.16. The molecule has 2 aromatic heterocycles. The fourth-order valence-corrected chi connectivity index (χ4v) is 2.61. The van der Waals surface area contributed by atoms with E-state index in [4.69, 9.17) is 13.6 Å².